The van der Waals surface area contributed by atoms with Gasteiger partial charge in [0.1, 0.15) is 0 Å². The molecule has 0 aliphatic heterocycles. The summed E-state index contributed by atoms with van der Waals surface area (Å²) in [6.07, 6.45) is 5.58. The predicted molar refractivity (Wildman–Crippen MR) is 58.7 cm³/mol. The van der Waals surface area contributed by atoms with Gasteiger partial charge in [0.25, 0.3) is 0 Å². The minimum Gasteiger partial charge on any atom is -0.372 e. The maximum absolute atomic E-state index is 5.76. The summed E-state index contributed by atoms with van der Waals surface area (Å²) in [5, 5.41) is 6.05. The van der Waals surface area contributed by atoms with Crippen molar-refractivity contribution in [3.8, 4) is 0 Å². The Hall–Kier alpha value is -0.610. The molecule has 0 unspecified atom stereocenters. The fourth-order valence-corrected chi connectivity index (χ4v) is 2.40. The van der Waals surface area contributed by atoms with Gasteiger partial charge in [0, 0.05) is 12.4 Å². The van der Waals surface area contributed by atoms with Crippen LogP contribution in [-0.4, -0.2) is 18.1 Å². The summed E-state index contributed by atoms with van der Waals surface area (Å²) in [6, 6.07) is 0. The molecule has 1 fully saturated rings. The molecule has 2 rings (SSSR count). The van der Waals surface area contributed by atoms with Crippen LogP contribution in [0.15, 0.2) is 5.38 Å². The number of nitrogens with zero attached hydrogens (tertiary/aromatic N) is 1. The summed E-state index contributed by atoms with van der Waals surface area (Å²) in [6.45, 7) is 0.669. The van der Waals surface area contributed by atoms with Crippen LogP contribution in [0, 0.1) is 0 Å². The zero-order valence-corrected chi connectivity index (χ0v) is 9.27. The first-order valence-electron chi connectivity index (χ1n) is 5.12. The van der Waals surface area contributed by atoms with Crippen LogP contribution in [0.2, 0.25) is 0 Å². The fourth-order valence-electron chi connectivity index (χ4n) is 1.75. The van der Waals surface area contributed by atoms with Crippen molar-refractivity contribution in [2.75, 3.05) is 12.4 Å². The molecule has 1 saturated carbocycles. The van der Waals surface area contributed by atoms with Gasteiger partial charge in [0.2, 0.25) is 0 Å². The number of aromatic nitrogens is 1. The molecule has 1 aromatic heterocycles. The fraction of sp³-hybridized carbons (Fsp3) is 0.700. The van der Waals surface area contributed by atoms with Gasteiger partial charge >= 0.3 is 0 Å². The van der Waals surface area contributed by atoms with E-state index in [0.717, 1.165) is 10.8 Å². The van der Waals surface area contributed by atoms with E-state index in [-0.39, 0.29) is 0 Å². The maximum atomic E-state index is 5.76. The molecule has 14 heavy (non-hydrogen) atoms. The first-order valence-corrected chi connectivity index (χ1v) is 6.00. The van der Waals surface area contributed by atoms with Gasteiger partial charge in [-0.15, -0.1) is 11.3 Å². The van der Waals surface area contributed by atoms with Crippen molar-refractivity contribution in [2.45, 2.75) is 38.4 Å². The van der Waals surface area contributed by atoms with Crippen LogP contribution in [0.5, 0.6) is 0 Å². The zero-order chi connectivity index (χ0) is 9.80. The third kappa shape index (κ3) is 2.45. The lowest BCUT2D eigenvalue weighted by molar-refractivity contribution is 0.0441. The van der Waals surface area contributed by atoms with Crippen LogP contribution in [0.4, 0.5) is 5.13 Å². The van der Waals surface area contributed by atoms with Gasteiger partial charge in [0.15, 0.2) is 5.13 Å². The van der Waals surface area contributed by atoms with Crippen LogP contribution in [0.3, 0.4) is 0 Å². The highest BCUT2D eigenvalue weighted by Crippen LogP contribution is 2.23. The highest BCUT2D eigenvalue weighted by atomic mass is 32.1. The van der Waals surface area contributed by atoms with Crippen molar-refractivity contribution in [1.82, 2.24) is 4.98 Å². The topological polar surface area (TPSA) is 34.2 Å². The number of anilines is 1. The van der Waals surface area contributed by atoms with Crippen molar-refractivity contribution in [3.05, 3.63) is 11.1 Å². The van der Waals surface area contributed by atoms with Crippen LogP contribution in [0.1, 0.15) is 31.4 Å². The Labute approximate surface area is 88.5 Å². The average molecular weight is 212 g/mol. The number of thiazole rings is 1. The van der Waals surface area contributed by atoms with Gasteiger partial charge in [-0.3, -0.25) is 0 Å². The second kappa shape index (κ2) is 4.75. The largest absolute Gasteiger partial charge is 0.372 e. The maximum Gasteiger partial charge on any atom is 0.182 e. The summed E-state index contributed by atoms with van der Waals surface area (Å²) < 4.78 is 5.76. The first-order chi connectivity index (χ1) is 6.88. The van der Waals surface area contributed by atoms with Crippen LogP contribution < -0.4 is 5.32 Å². The van der Waals surface area contributed by atoms with Crippen LogP contribution in [-0.2, 0) is 11.3 Å². The summed E-state index contributed by atoms with van der Waals surface area (Å²) in [5.41, 5.74) is 1.05. The van der Waals surface area contributed by atoms with Gasteiger partial charge < -0.3 is 10.1 Å². The van der Waals surface area contributed by atoms with Gasteiger partial charge in [-0.25, -0.2) is 4.98 Å². The molecule has 0 aromatic carbocycles. The number of ether oxygens (including phenoxy) is 1. The van der Waals surface area contributed by atoms with E-state index in [1.807, 2.05) is 7.05 Å². The molecule has 0 spiro atoms. The quantitative estimate of drug-likeness (QED) is 0.833. The molecule has 0 saturated heterocycles. The monoisotopic (exact) mass is 212 g/mol. The zero-order valence-electron chi connectivity index (χ0n) is 8.45. The number of nitrogens with one attached hydrogen (secondary N) is 1. The molecule has 1 aromatic rings. The van der Waals surface area contributed by atoms with E-state index in [1.165, 1.54) is 25.7 Å². The minimum absolute atomic E-state index is 0.481. The third-order valence-electron chi connectivity index (χ3n) is 2.53. The lowest BCUT2D eigenvalue weighted by Crippen LogP contribution is -2.07. The number of rotatable bonds is 4. The Morgan fingerprint density at radius 3 is 3.00 bits per heavy atom. The van der Waals surface area contributed by atoms with Gasteiger partial charge in [-0.2, -0.15) is 0 Å². The predicted octanol–water partition coefficient (Wildman–Crippen LogP) is 2.64. The summed E-state index contributed by atoms with van der Waals surface area (Å²) in [5.74, 6) is 0. The number of hydrogen-bond acceptors (Lipinski definition) is 4. The summed E-state index contributed by atoms with van der Waals surface area (Å²) in [4.78, 5) is 4.37. The molecule has 3 nitrogen and oxygen atoms in total. The molecule has 0 radical (unpaired) electrons. The van der Waals surface area contributed by atoms with Crippen molar-refractivity contribution in [1.29, 1.82) is 0 Å². The molecule has 1 heterocycles. The van der Waals surface area contributed by atoms with E-state index in [2.05, 4.69) is 15.7 Å². The highest BCUT2D eigenvalue weighted by molar-refractivity contribution is 7.13. The molecule has 0 amide bonds. The normalized spacial score (nSPS) is 17.5. The SMILES string of the molecule is CNc1nc(COC2CCCC2)cs1. The van der Waals surface area contributed by atoms with E-state index < -0.39 is 0 Å². The lowest BCUT2D eigenvalue weighted by Gasteiger charge is -2.08. The molecule has 78 valence electrons. The molecule has 1 N–H and O–H groups in total. The Kier molecular flexibility index (Phi) is 3.37. The van der Waals surface area contributed by atoms with Gasteiger partial charge in [-0.05, 0) is 12.8 Å². The van der Waals surface area contributed by atoms with Crippen molar-refractivity contribution in [2.24, 2.45) is 0 Å². The number of hydrogen-bond donors (Lipinski definition) is 1. The molecule has 1 aliphatic rings. The van der Waals surface area contributed by atoms with E-state index in [9.17, 15) is 0 Å². The Morgan fingerprint density at radius 1 is 1.57 bits per heavy atom. The average Bonchev–Trinajstić information content (AvgIpc) is 2.86. The smallest absolute Gasteiger partial charge is 0.182 e. The van der Waals surface area contributed by atoms with E-state index >= 15 is 0 Å². The van der Waals surface area contributed by atoms with Crippen LogP contribution >= 0.6 is 11.3 Å². The van der Waals surface area contributed by atoms with E-state index in [1.54, 1.807) is 11.3 Å². The summed E-state index contributed by atoms with van der Waals surface area (Å²) >= 11 is 1.63. The Morgan fingerprint density at radius 2 is 2.36 bits per heavy atom. The van der Waals surface area contributed by atoms with Crippen molar-refractivity contribution < 1.29 is 4.74 Å². The standard InChI is InChI=1S/C10H16N2OS/c1-11-10-12-8(7-14-10)6-13-9-4-2-3-5-9/h7,9H,2-6H2,1H3,(H,11,12). The van der Waals surface area contributed by atoms with E-state index in [4.69, 9.17) is 4.74 Å². The van der Waals surface area contributed by atoms with E-state index in [0.29, 0.717) is 12.7 Å². The minimum atomic E-state index is 0.481. The van der Waals surface area contributed by atoms with Crippen molar-refractivity contribution >= 4 is 16.5 Å². The van der Waals surface area contributed by atoms with Crippen LogP contribution in [0.25, 0.3) is 0 Å². The second-order valence-electron chi connectivity index (χ2n) is 3.61. The highest BCUT2D eigenvalue weighted by Gasteiger charge is 2.15. The summed E-state index contributed by atoms with van der Waals surface area (Å²) in [7, 11) is 1.89. The second-order valence-corrected chi connectivity index (χ2v) is 4.47. The Balaban J connectivity index is 1.79. The van der Waals surface area contributed by atoms with Gasteiger partial charge in [-0.1, -0.05) is 12.8 Å². The molecular formula is C10H16N2OS. The molecule has 1 aliphatic carbocycles. The molecular weight excluding hydrogens is 196 g/mol. The van der Waals surface area contributed by atoms with Crippen molar-refractivity contribution in [3.63, 3.8) is 0 Å². The lowest BCUT2D eigenvalue weighted by atomic mass is 10.3. The molecule has 4 heteroatoms. The first kappa shape index (κ1) is 9.93. The Bertz CT molecular complexity index is 281. The molecule has 0 bridgehead atoms. The third-order valence-corrected chi connectivity index (χ3v) is 3.44. The molecule has 0 atom stereocenters. The van der Waals surface area contributed by atoms with Gasteiger partial charge in [0.05, 0.1) is 18.4 Å².